The molecular weight excluding hydrogens is 584 g/mol. The number of nitrogens with two attached hydrogens (primary N) is 1. The van der Waals surface area contributed by atoms with Gasteiger partial charge in [-0.15, -0.1) is 0 Å². The van der Waals surface area contributed by atoms with Crippen LogP contribution in [0.2, 0.25) is 0 Å². The number of nitrogens with one attached hydrogen (secondary N) is 1. The summed E-state index contributed by atoms with van der Waals surface area (Å²) in [6.45, 7) is 6.12. The van der Waals surface area contributed by atoms with E-state index < -0.39 is 22.5 Å². The third kappa shape index (κ3) is 8.68. The molecule has 0 bridgehead atoms. The van der Waals surface area contributed by atoms with Gasteiger partial charge in [0.05, 0.1) is 23.2 Å². The molecule has 1 atom stereocenters. The average molecular weight is 627 g/mol. The topological polar surface area (TPSA) is 137 Å². The standard InChI is InChI=1S/C30H37N3O4.C6H5NO2/c1-21-26(28(34)36-3)18-27(22(2)32-21)29(35)37-30(19-31)15-17-33(20-30)16-14-25(23-10-6-4-7-11-23)24-12-8-5-9-13-24;8-7(9)6-4-2-1-3-5-6/h4-13,25,32H,14-20,31H2,1-3H3;1-5H. The minimum absolute atomic E-state index is 0.137. The highest BCUT2D eigenvalue weighted by molar-refractivity contribution is 5.96. The summed E-state index contributed by atoms with van der Waals surface area (Å²) in [6, 6.07) is 29.1. The molecular formula is C36H42N4O6. The number of allylic oxidation sites excluding steroid dienone is 2. The van der Waals surface area contributed by atoms with Crippen molar-refractivity contribution in [3.63, 3.8) is 0 Å². The van der Waals surface area contributed by atoms with Gasteiger partial charge in [0, 0.05) is 61.9 Å². The molecule has 0 saturated carbocycles. The van der Waals surface area contributed by atoms with Crippen LogP contribution < -0.4 is 11.1 Å². The summed E-state index contributed by atoms with van der Waals surface area (Å²) in [4.78, 5) is 37.4. The molecule has 1 unspecified atom stereocenters. The van der Waals surface area contributed by atoms with E-state index >= 15 is 0 Å². The number of hydrogen-bond acceptors (Lipinski definition) is 9. The molecule has 10 heteroatoms. The van der Waals surface area contributed by atoms with Gasteiger partial charge in [-0.2, -0.15) is 0 Å². The zero-order valence-electron chi connectivity index (χ0n) is 26.6. The summed E-state index contributed by atoms with van der Waals surface area (Å²) in [6.07, 6.45) is 1.80. The molecule has 0 radical (unpaired) electrons. The lowest BCUT2D eigenvalue weighted by Crippen LogP contribution is -2.46. The van der Waals surface area contributed by atoms with E-state index in [1.54, 1.807) is 25.1 Å². The van der Waals surface area contributed by atoms with Crippen molar-refractivity contribution in [1.29, 1.82) is 0 Å². The zero-order chi connectivity index (χ0) is 33.1. The number of nitro benzene ring substituents is 1. The maximum absolute atomic E-state index is 13.3. The van der Waals surface area contributed by atoms with Crippen LogP contribution in [-0.4, -0.2) is 60.7 Å². The van der Waals surface area contributed by atoms with Crippen molar-refractivity contribution in [1.82, 2.24) is 10.2 Å². The van der Waals surface area contributed by atoms with Gasteiger partial charge in [-0.1, -0.05) is 78.9 Å². The number of methoxy groups -OCH3 is 1. The van der Waals surface area contributed by atoms with Gasteiger partial charge in [0.15, 0.2) is 0 Å². The lowest BCUT2D eigenvalue weighted by atomic mass is 9.88. The fourth-order valence-corrected chi connectivity index (χ4v) is 5.87. The number of esters is 2. The number of nitro groups is 1. The average Bonchev–Trinajstić information content (AvgIpc) is 3.49. The van der Waals surface area contributed by atoms with E-state index in [9.17, 15) is 19.7 Å². The Bertz CT molecular complexity index is 1520. The molecule has 10 nitrogen and oxygen atoms in total. The predicted octanol–water partition coefficient (Wildman–Crippen LogP) is 5.46. The van der Waals surface area contributed by atoms with Gasteiger partial charge < -0.3 is 20.5 Å². The number of dihydropyridines is 1. The molecule has 3 aromatic carbocycles. The van der Waals surface area contributed by atoms with Crippen LogP contribution >= 0.6 is 0 Å². The number of rotatable bonds is 10. The second kappa shape index (κ2) is 16.0. The lowest BCUT2D eigenvalue weighted by Gasteiger charge is -2.30. The maximum atomic E-state index is 13.3. The van der Waals surface area contributed by atoms with E-state index in [1.165, 1.54) is 30.4 Å². The highest BCUT2D eigenvalue weighted by Gasteiger charge is 2.42. The first-order chi connectivity index (χ1) is 22.2. The highest BCUT2D eigenvalue weighted by Crippen LogP contribution is 2.32. The minimum atomic E-state index is -0.749. The van der Waals surface area contributed by atoms with Crippen molar-refractivity contribution in [3.8, 4) is 0 Å². The molecule has 2 aliphatic rings. The first kappa shape index (κ1) is 34.1. The van der Waals surface area contributed by atoms with E-state index in [4.69, 9.17) is 15.2 Å². The van der Waals surface area contributed by atoms with Crippen LogP contribution in [0.3, 0.4) is 0 Å². The molecule has 2 aliphatic heterocycles. The first-order valence-corrected chi connectivity index (χ1v) is 15.4. The monoisotopic (exact) mass is 626 g/mol. The second-order valence-electron chi connectivity index (χ2n) is 11.6. The van der Waals surface area contributed by atoms with E-state index in [1.807, 2.05) is 19.1 Å². The Morgan fingerprint density at radius 3 is 1.91 bits per heavy atom. The third-order valence-electron chi connectivity index (χ3n) is 8.49. The molecule has 1 saturated heterocycles. The molecule has 0 aliphatic carbocycles. The second-order valence-corrected chi connectivity index (χ2v) is 11.6. The lowest BCUT2D eigenvalue weighted by molar-refractivity contribution is -0.384. The Labute approximate surface area is 270 Å². The van der Waals surface area contributed by atoms with Crippen molar-refractivity contribution in [2.45, 2.75) is 44.6 Å². The zero-order valence-corrected chi connectivity index (χ0v) is 26.6. The van der Waals surface area contributed by atoms with Crippen LogP contribution in [0.5, 0.6) is 0 Å². The number of para-hydroxylation sites is 1. The Morgan fingerprint density at radius 1 is 0.913 bits per heavy atom. The summed E-state index contributed by atoms with van der Waals surface area (Å²) in [5.74, 6) is -0.599. The highest BCUT2D eigenvalue weighted by atomic mass is 16.6. The number of carbonyl (C=O) groups is 2. The quantitative estimate of drug-likeness (QED) is 0.171. The molecule has 2 heterocycles. The van der Waals surface area contributed by atoms with Gasteiger partial charge in [0.2, 0.25) is 0 Å². The van der Waals surface area contributed by atoms with Gasteiger partial charge in [-0.25, -0.2) is 9.59 Å². The third-order valence-corrected chi connectivity index (χ3v) is 8.49. The molecule has 3 aromatic rings. The van der Waals surface area contributed by atoms with E-state index in [-0.39, 0.29) is 24.6 Å². The van der Waals surface area contributed by atoms with Crippen LogP contribution in [0.4, 0.5) is 5.69 Å². The van der Waals surface area contributed by atoms with Gasteiger partial charge in [0.25, 0.3) is 5.69 Å². The minimum Gasteiger partial charge on any atom is -0.466 e. The molecule has 3 N–H and O–H groups in total. The van der Waals surface area contributed by atoms with Gasteiger partial charge in [0.1, 0.15) is 5.60 Å². The smallest absolute Gasteiger partial charge is 0.336 e. The molecule has 1 fully saturated rings. The van der Waals surface area contributed by atoms with Gasteiger partial charge in [-0.05, 0) is 37.9 Å². The molecule has 0 amide bonds. The van der Waals surface area contributed by atoms with Crippen molar-refractivity contribution >= 4 is 17.6 Å². The van der Waals surface area contributed by atoms with Gasteiger partial charge >= 0.3 is 11.9 Å². The van der Waals surface area contributed by atoms with Crippen molar-refractivity contribution in [2.24, 2.45) is 5.73 Å². The van der Waals surface area contributed by atoms with Crippen molar-refractivity contribution in [3.05, 3.63) is 135 Å². The Morgan fingerprint density at radius 2 is 1.43 bits per heavy atom. The van der Waals surface area contributed by atoms with Crippen molar-refractivity contribution in [2.75, 3.05) is 33.3 Å². The molecule has 46 heavy (non-hydrogen) atoms. The van der Waals surface area contributed by atoms with Crippen LogP contribution in [-0.2, 0) is 19.1 Å². The predicted molar refractivity (Wildman–Crippen MR) is 177 cm³/mol. The number of benzene rings is 3. The van der Waals surface area contributed by atoms with E-state index in [2.05, 4.69) is 58.7 Å². The fraction of sp³-hybridized carbons (Fsp3) is 0.333. The number of hydrogen-bond donors (Lipinski definition) is 2. The summed E-state index contributed by atoms with van der Waals surface area (Å²) < 4.78 is 11.0. The van der Waals surface area contributed by atoms with Gasteiger partial charge in [-0.3, -0.25) is 15.0 Å². The molecule has 5 rings (SSSR count). The Balaban J connectivity index is 0.000000459. The number of nitrogens with zero attached hydrogens (tertiary/aromatic N) is 2. The van der Waals surface area contributed by atoms with Crippen LogP contribution in [0.25, 0.3) is 0 Å². The number of ether oxygens (including phenoxy) is 2. The van der Waals surface area contributed by atoms with E-state index in [0.717, 1.165) is 19.5 Å². The van der Waals surface area contributed by atoms with Crippen LogP contribution in [0.15, 0.2) is 114 Å². The fourth-order valence-electron chi connectivity index (χ4n) is 5.87. The Kier molecular flexibility index (Phi) is 11.8. The normalized spacial score (nSPS) is 18.0. The summed E-state index contributed by atoms with van der Waals surface area (Å²) >= 11 is 0. The number of carbonyl (C=O) groups excluding carboxylic acids is 2. The summed E-state index contributed by atoms with van der Waals surface area (Å²) in [5.41, 5.74) is 10.4. The number of likely N-dealkylation sites (tertiary alicyclic amines) is 1. The molecule has 242 valence electrons. The number of non-ortho nitro benzene ring substituents is 1. The maximum Gasteiger partial charge on any atom is 0.336 e. The largest absolute Gasteiger partial charge is 0.466 e. The SMILES string of the molecule is COC(=O)C1=C(C)NC(C)=C(C(=O)OC2(CN)CCN(CCC(c3ccccc3)c3ccccc3)C2)C1.O=[N+]([O-])c1ccccc1. The van der Waals surface area contributed by atoms with E-state index in [0.29, 0.717) is 35.5 Å². The summed E-state index contributed by atoms with van der Waals surface area (Å²) in [5, 5.41) is 13.1. The molecule has 0 aromatic heterocycles. The van der Waals surface area contributed by atoms with Crippen LogP contribution in [0.1, 0.15) is 50.2 Å². The van der Waals surface area contributed by atoms with Crippen molar-refractivity contribution < 1.29 is 24.0 Å². The first-order valence-electron chi connectivity index (χ1n) is 15.4. The Hall–Kier alpha value is -4.80. The van der Waals surface area contributed by atoms with Crippen LogP contribution in [0, 0.1) is 10.1 Å². The molecule has 0 spiro atoms. The summed E-state index contributed by atoms with van der Waals surface area (Å²) in [7, 11) is 1.34.